The molecule has 0 aliphatic rings. The van der Waals surface area contributed by atoms with Gasteiger partial charge in [0.1, 0.15) is 5.69 Å². The van der Waals surface area contributed by atoms with Gasteiger partial charge in [-0.3, -0.25) is 10.1 Å². The van der Waals surface area contributed by atoms with Crippen LogP contribution in [-0.4, -0.2) is 22.6 Å². The number of nitro benzene ring substituents is 1. The number of esters is 1. The maximum absolute atomic E-state index is 11.6. The molecule has 25 heavy (non-hydrogen) atoms. The second kappa shape index (κ2) is 8.20. The number of carbonyl (C=O) groups is 1. The molecule has 0 radical (unpaired) electrons. The van der Waals surface area contributed by atoms with Crippen LogP contribution in [0.1, 0.15) is 22.8 Å². The summed E-state index contributed by atoms with van der Waals surface area (Å²) in [4.78, 5) is 22.3. The highest BCUT2D eigenvalue weighted by Gasteiger charge is 2.14. The minimum atomic E-state index is -0.466. The molecule has 8 heteroatoms. The van der Waals surface area contributed by atoms with Crippen molar-refractivity contribution in [2.45, 2.75) is 13.8 Å². The highest BCUT2D eigenvalue weighted by atomic mass is 32.1. The van der Waals surface area contributed by atoms with Crippen LogP contribution in [0.25, 0.3) is 0 Å². The monoisotopic (exact) mass is 359 g/mol. The molecular formula is C17H17N3O4S. The number of anilines is 2. The van der Waals surface area contributed by atoms with Crippen molar-refractivity contribution in [3.05, 3.63) is 63.7 Å². The molecule has 2 aromatic carbocycles. The Hall–Kier alpha value is -3.00. The summed E-state index contributed by atoms with van der Waals surface area (Å²) in [6, 6.07) is 11.4. The third-order valence-corrected chi connectivity index (χ3v) is 3.46. The van der Waals surface area contributed by atoms with E-state index in [-0.39, 0.29) is 10.8 Å². The van der Waals surface area contributed by atoms with E-state index in [1.807, 2.05) is 0 Å². The van der Waals surface area contributed by atoms with Gasteiger partial charge in [0.15, 0.2) is 5.11 Å². The average Bonchev–Trinajstić information content (AvgIpc) is 2.57. The predicted molar refractivity (Wildman–Crippen MR) is 100 cm³/mol. The molecule has 0 amide bonds. The lowest BCUT2D eigenvalue weighted by molar-refractivity contribution is -0.383. The number of nitro groups is 1. The Kier molecular flexibility index (Phi) is 6.02. The Morgan fingerprint density at radius 3 is 2.48 bits per heavy atom. The molecule has 0 fully saturated rings. The Morgan fingerprint density at radius 1 is 1.20 bits per heavy atom. The highest BCUT2D eigenvalue weighted by molar-refractivity contribution is 7.80. The van der Waals surface area contributed by atoms with Crippen molar-refractivity contribution in [3.63, 3.8) is 0 Å². The van der Waals surface area contributed by atoms with Crippen molar-refractivity contribution < 1.29 is 14.5 Å². The van der Waals surface area contributed by atoms with Gasteiger partial charge in [0.05, 0.1) is 17.1 Å². The fourth-order valence-corrected chi connectivity index (χ4v) is 2.31. The van der Waals surface area contributed by atoms with Crippen LogP contribution in [0.3, 0.4) is 0 Å². The van der Waals surface area contributed by atoms with Crippen molar-refractivity contribution in [1.82, 2.24) is 0 Å². The molecule has 0 saturated carbocycles. The second-order valence-corrected chi connectivity index (χ2v) is 5.56. The average molecular weight is 359 g/mol. The van der Waals surface area contributed by atoms with Crippen molar-refractivity contribution in [3.8, 4) is 0 Å². The summed E-state index contributed by atoms with van der Waals surface area (Å²) >= 11 is 5.19. The van der Waals surface area contributed by atoms with Gasteiger partial charge in [-0.1, -0.05) is 6.07 Å². The van der Waals surface area contributed by atoms with Crippen LogP contribution in [0.5, 0.6) is 0 Å². The van der Waals surface area contributed by atoms with Crippen LogP contribution in [0.4, 0.5) is 17.1 Å². The van der Waals surface area contributed by atoms with E-state index < -0.39 is 10.9 Å². The van der Waals surface area contributed by atoms with Gasteiger partial charge in [0.25, 0.3) is 5.69 Å². The lowest BCUT2D eigenvalue weighted by Crippen LogP contribution is -2.19. The molecule has 2 rings (SSSR count). The van der Waals surface area contributed by atoms with Gasteiger partial charge in [-0.2, -0.15) is 0 Å². The summed E-state index contributed by atoms with van der Waals surface area (Å²) in [6.07, 6.45) is 0. The molecule has 130 valence electrons. The second-order valence-electron chi connectivity index (χ2n) is 5.15. The lowest BCUT2D eigenvalue weighted by atomic mass is 10.2. The quantitative estimate of drug-likeness (QED) is 0.362. The Bertz CT molecular complexity index is 806. The van der Waals surface area contributed by atoms with E-state index in [9.17, 15) is 14.9 Å². The van der Waals surface area contributed by atoms with Gasteiger partial charge in [0, 0.05) is 11.8 Å². The Morgan fingerprint density at radius 2 is 1.88 bits per heavy atom. The number of hydrogen-bond donors (Lipinski definition) is 2. The summed E-state index contributed by atoms with van der Waals surface area (Å²) in [5.41, 5.74) is 2.10. The van der Waals surface area contributed by atoms with Crippen LogP contribution >= 0.6 is 12.2 Å². The molecule has 0 unspecified atom stereocenters. The first-order valence-electron chi connectivity index (χ1n) is 7.51. The van der Waals surface area contributed by atoms with E-state index in [1.165, 1.54) is 6.07 Å². The number of nitrogens with zero attached hydrogens (tertiary/aromatic N) is 1. The zero-order valence-electron chi connectivity index (χ0n) is 13.7. The molecule has 7 nitrogen and oxygen atoms in total. The van der Waals surface area contributed by atoms with Gasteiger partial charge in [-0.15, -0.1) is 0 Å². The fourth-order valence-electron chi connectivity index (χ4n) is 2.09. The van der Waals surface area contributed by atoms with E-state index in [0.717, 1.165) is 5.56 Å². The van der Waals surface area contributed by atoms with E-state index in [2.05, 4.69) is 10.6 Å². The van der Waals surface area contributed by atoms with Crippen molar-refractivity contribution in [2.75, 3.05) is 17.2 Å². The molecule has 0 aliphatic heterocycles. The zero-order chi connectivity index (χ0) is 18.4. The molecule has 0 aliphatic carbocycles. The molecule has 0 saturated heterocycles. The molecule has 0 heterocycles. The summed E-state index contributed by atoms with van der Waals surface area (Å²) < 4.78 is 4.91. The topological polar surface area (TPSA) is 93.5 Å². The summed E-state index contributed by atoms with van der Waals surface area (Å²) in [5.74, 6) is -0.398. The summed E-state index contributed by atoms with van der Waals surface area (Å²) in [5, 5.41) is 17.1. The number of hydrogen-bond acceptors (Lipinski definition) is 5. The number of ether oxygens (including phenoxy) is 1. The first-order chi connectivity index (χ1) is 11.9. The number of benzene rings is 2. The fraction of sp³-hybridized carbons (Fsp3) is 0.176. The predicted octanol–water partition coefficient (Wildman–Crippen LogP) is 3.89. The Balaban J connectivity index is 2.06. The third-order valence-electron chi connectivity index (χ3n) is 3.25. The number of nitrogens with one attached hydrogen (secondary N) is 2. The maximum Gasteiger partial charge on any atom is 0.338 e. The number of carbonyl (C=O) groups excluding carboxylic acids is 1. The SMILES string of the molecule is CCOC(=O)c1ccc(NC(=S)Nc2ccc(C)cc2[N+](=O)[O-])cc1. The molecule has 0 spiro atoms. The molecule has 0 aromatic heterocycles. The smallest absolute Gasteiger partial charge is 0.338 e. The molecule has 0 bridgehead atoms. The summed E-state index contributed by atoms with van der Waals surface area (Å²) in [6.45, 7) is 3.82. The van der Waals surface area contributed by atoms with Crippen molar-refractivity contribution in [1.29, 1.82) is 0 Å². The van der Waals surface area contributed by atoms with Crippen molar-refractivity contribution >= 4 is 40.4 Å². The van der Waals surface area contributed by atoms with Crippen LogP contribution in [0, 0.1) is 17.0 Å². The van der Waals surface area contributed by atoms with E-state index in [0.29, 0.717) is 23.5 Å². The van der Waals surface area contributed by atoms with Gasteiger partial charge in [-0.05, 0) is 62.0 Å². The largest absolute Gasteiger partial charge is 0.462 e. The van der Waals surface area contributed by atoms with E-state index in [4.69, 9.17) is 17.0 Å². The van der Waals surface area contributed by atoms with E-state index in [1.54, 1.807) is 50.2 Å². The maximum atomic E-state index is 11.6. The highest BCUT2D eigenvalue weighted by Crippen LogP contribution is 2.25. The zero-order valence-corrected chi connectivity index (χ0v) is 14.6. The number of rotatable bonds is 5. The number of thiocarbonyl (C=S) groups is 1. The first kappa shape index (κ1) is 18.3. The standard InChI is InChI=1S/C17H17N3O4S/c1-3-24-16(21)12-5-7-13(8-6-12)18-17(25)19-14-9-4-11(2)10-15(14)20(22)23/h4-10H,3H2,1-2H3,(H2,18,19,25). The van der Waals surface area contributed by atoms with Crippen LogP contribution < -0.4 is 10.6 Å². The van der Waals surface area contributed by atoms with Crippen LogP contribution in [-0.2, 0) is 4.74 Å². The summed E-state index contributed by atoms with van der Waals surface area (Å²) in [7, 11) is 0. The van der Waals surface area contributed by atoms with E-state index >= 15 is 0 Å². The molecule has 2 aromatic rings. The van der Waals surface area contributed by atoms with Gasteiger partial charge >= 0.3 is 5.97 Å². The normalized spacial score (nSPS) is 10.0. The Labute approximate surface area is 150 Å². The number of aryl methyl sites for hydroxylation is 1. The first-order valence-corrected chi connectivity index (χ1v) is 7.91. The van der Waals surface area contributed by atoms with Crippen LogP contribution in [0.2, 0.25) is 0 Å². The molecular weight excluding hydrogens is 342 g/mol. The van der Waals surface area contributed by atoms with Crippen molar-refractivity contribution in [2.24, 2.45) is 0 Å². The van der Waals surface area contributed by atoms with Gasteiger partial charge in [-0.25, -0.2) is 4.79 Å². The molecule has 0 atom stereocenters. The minimum Gasteiger partial charge on any atom is -0.462 e. The van der Waals surface area contributed by atoms with Gasteiger partial charge < -0.3 is 15.4 Å². The van der Waals surface area contributed by atoms with Crippen LogP contribution in [0.15, 0.2) is 42.5 Å². The molecule has 2 N–H and O–H groups in total. The third kappa shape index (κ3) is 4.98. The van der Waals surface area contributed by atoms with Gasteiger partial charge in [0.2, 0.25) is 0 Å². The lowest BCUT2D eigenvalue weighted by Gasteiger charge is -2.11. The minimum absolute atomic E-state index is 0.0539.